The highest BCUT2D eigenvalue weighted by Gasteiger charge is 2.23. The molecule has 2 fully saturated rings. The maximum Gasteiger partial charge on any atom is 0.410 e. The van der Waals surface area contributed by atoms with Gasteiger partial charge in [0.05, 0.1) is 13.2 Å². The maximum absolute atomic E-state index is 11.7. The number of morpholine rings is 1. The van der Waals surface area contributed by atoms with Crippen LogP contribution >= 0.6 is 0 Å². The van der Waals surface area contributed by atoms with Crippen molar-refractivity contribution in [3.63, 3.8) is 0 Å². The van der Waals surface area contributed by atoms with Crippen LogP contribution in [0, 0.1) is 0 Å². The summed E-state index contributed by atoms with van der Waals surface area (Å²) in [6.07, 6.45) is 5.76. The Balaban J connectivity index is 1.74. The lowest BCUT2D eigenvalue weighted by atomic mass is 9.98. The highest BCUT2D eigenvalue weighted by atomic mass is 16.6. The highest BCUT2D eigenvalue weighted by Crippen LogP contribution is 2.21. The fourth-order valence-corrected chi connectivity index (χ4v) is 2.15. The van der Waals surface area contributed by atoms with E-state index < -0.39 is 0 Å². The fraction of sp³-hybridized carbons (Fsp3) is 0.909. The molecule has 1 amide bonds. The number of hydrogen-bond acceptors (Lipinski definition) is 3. The van der Waals surface area contributed by atoms with Crippen LogP contribution in [-0.2, 0) is 9.47 Å². The Morgan fingerprint density at radius 1 is 1.13 bits per heavy atom. The summed E-state index contributed by atoms with van der Waals surface area (Å²) in [5, 5.41) is 0. The van der Waals surface area contributed by atoms with E-state index in [1.807, 2.05) is 0 Å². The summed E-state index contributed by atoms with van der Waals surface area (Å²) in [6, 6.07) is 0. The van der Waals surface area contributed by atoms with Crippen molar-refractivity contribution in [3.05, 3.63) is 0 Å². The highest BCUT2D eigenvalue weighted by molar-refractivity contribution is 5.67. The van der Waals surface area contributed by atoms with E-state index in [4.69, 9.17) is 9.47 Å². The molecule has 86 valence electrons. The van der Waals surface area contributed by atoms with Crippen LogP contribution in [0.15, 0.2) is 0 Å². The molecule has 1 aliphatic heterocycles. The van der Waals surface area contributed by atoms with Gasteiger partial charge in [0, 0.05) is 13.1 Å². The minimum atomic E-state index is -0.148. The van der Waals surface area contributed by atoms with E-state index in [2.05, 4.69) is 0 Å². The van der Waals surface area contributed by atoms with Gasteiger partial charge in [-0.2, -0.15) is 0 Å². The molecule has 0 N–H and O–H groups in total. The molecule has 0 radical (unpaired) electrons. The number of ether oxygens (including phenoxy) is 2. The number of carbonyl (C=O) groups excluding carboxylic acids is 1. The lowest BCUT2D eigenvalue weighted by Gasteiger charge is -2.29. The Labute approximate surface area is 90.5 Å². The summed E-state index contributed by atoms with van der Waals surface area (Å²) in [4.78, 5) is 13.5. The second kappa shape index (κ2) is 5.35. The van der Waals surface area contributed by atoms with E-state index >= 15 is 0 Å². The zero-order valence-corrected chi connectivity index (χ0v) is 9.11. The molecule has 1 aliphatic carbocycles. The SMILES string of the molecule is O=C(OC1CCCCC1)N1CCOCC1. The van der Waals surface area contributed by atoms with Gasteiger partial charge in [-0.3, -0.25) is 0 Å². The zero-order chi connectivity index (χ0) is 10.5. The Kier molecular flexibility index (Phi) is 3.83. The molecule has 0 aromatic carbocycles. The van der Waals surface area contributed by atoms with Crippen LogP contribution < -0.4 is 0 Å². The summed E-state index contributed by atoms with van der Waals surface area (Å²) in [5.41, 5.74) is 0. The van der Waals surface area contributed by atoms with Gasteiger partial charge in [0.15, 0.2) is 0 Å². The number of amides is 1. The van der Waals surface area contributed by atoms with Gasteiger partial charge >= 0.3 is 6.09 Å². The lowest BCUT2D eigenvalue weighted by molar-refractivity contribution is 0.00565. The van der Waals surface area contributed by atoms with E-state index in [1.165, 1.54) is 19.3 Å². The van der Waals surface area contributed by atoms with Gasteiger partial charge in [-0.05, 0) is 25.7 Å². The third kappa shape index (κ3) is 3.09. The van der Waals surface area contributed by atoms with E-state index in [0.717, 1.165) is 12.8 Å². The Morgan fingerprint density at radius 2 is 1.80 bits per heavy atom. The van der Waals surface area contributed by atoms with E-state index in [-0.39, 0.29) is 12.2 Å². The van der Waals surface area contributed by atoms with E-state index in [1.54, 1.807) is 4.90 Å². The van der Waals surface area contributed by atoms with Gasteiger partial charge < -0.3 is 14.4 Å². The van der Waals surface area contributed by atoms with Crippen LogP contribution in [-0.4, -0.2) is 43.4 Å². The average molecular weight is 213 g/mol. The smallest absolute Gasteiger partial charge is 0.410 e. The van der Waals surface area contributed by atoms with Crippen molar-refractivity contribution in [1.29, 1.82) is 0 Å². The van der Waals surface area contributed by atoms with Crippen LogP contribution in [0.2, 0.25) is 0 Å². The van der Waals surface area contributed by atoms with Gasteiger partial charge in [-0.1, -0.05) is 6.42 Å². The predicted molar refractivity (Wildman–Crippen MR) is 55.7 cm³/mol. The molecule has 0 spiro atoms. The van der Waals surface area contributed by atoms with Crippen LogP contribution in [0.5, 0.6) is 0 Å². The van der Waals surface area contributed by atoms with Crippen molar-refractivity contribution in [1.82, 2.24) is 4.90 Å². The van der Waals surface area contributed by atoms with Crippen LogP contribution in [0.3, 0.4) is 0 Å². The average Bonchev–Trinajstić information content (AvgIpc) is 2.31. The number of nitrogens with zero attached hydrogens (tertiary/aromatic N) is 1. The van der Waals surface area contributed by atoms with Gasteiger partial charge in [0.25, 0.3) is 0 Å². The van der Waals surface area contributed by atoms with Gasteiger partial charge in [0.1, 0.15) is 6.10 Å². The van der Waals surface area contributed by atoms with Crippen molar-refractivity contribution >= 4 is 6.09 Å². The zero-order valence-electron chi connectivity index (χ0n) is 9.11. The number of carbonyl (C=O) groups is 1. The lowest BCUT2D eigenvalue weighted by Crippen LogP contribution is -2.42. The molecule has 2 rings (SSSR count). The molecule has 2 aliphatic rings. The van der Waals surface area contributed by atoms with Crippen molar-refractivity contribution in [2.45, 2.75) is 38.2 Å². The molecular weight excluding hydrogens is 194 g/mol. The largest absolute Gasteiger partial charge is 0.446 e. The maximum atomic E-state index is 11.7. The molecule has 4 heteroatoms. The first kappa shape index (κ1) is 10.7. The molecular formula is C11H19NO3. The standard InChI is InChI=1S/C11H19NO3/c13-11(12-6-8-14-9-7-12)15-10-4-2-1-3-5-10/h10H,1-9H2. The Morgan fingerprint density at radius 3 is 2.47 bits per heavy atom. The summed E-state index contributed by atoms with van der Waals surface area (Å²) in [6.45, 7) is 2.62. The summed E-state index contributed by atoms with van der Waals surface area (Å²) in [5.74, 6) is 0. The third-order valence-corrected chi connectivity index (χ3v) is 3.09. The molecule has 0 unspecified atom stereocenters. The fourth-order valence-electron chi connectivity index (χ4n) is 2.15. The molecule has 0 atom stereocenters. The minimum Gasteiger partial charge on any atom is -0.446 e. The quantitative estimate of drug-likeness (QED) is 0.666. The minimum absolute atomic E-state index is 0.148. The second-order valence-corrected chi connectivity index (χ2v) is 4.24. The molecule has 0 aromatic rings. The van der Waals surface area contributed by atoms with Crippen LogP contribution in [0.1, 0.15) is 32.1 Å². The first-order chi connectivity index (χ1) is 7.36. The van der Waals surface area contributed by atoms with Crippen LogP contribution in [0.4, 0.5) is 4.79 Å². The van der Waals surface area contributed by atoms with Gasteiger partial charge in [0.2, 0.25) is 0 Å². The molecule has 1 saturated carbocycles. The van der Waals surface area contributed by atoms with Crippen molar-refractivity contribution in [2.24, 2.45) is 0 Å². The predicted octanol–water partition coefficient (Wildman–Crippen LogP) is 1.79. The number of hydrogen-bond donors (Lipinski definition) is 0. The first-order valence-electron chi connectivity index (χ1n) is 5.89. The van der Waals surface area contributed by atoms with Crippen LogP contribution in [0.25, 0.3) is 0 Å². The van der Waals surface area contributed by atoms with Crippen molar-refractivity contribution < 1.29 is 14.3 Å². The monoisotopic (exact) mass is 213 g/mol. The van der Waals surface area contributed by atoms with Crippen molar-refractivity contribution in [2.75, 3.05) is 26.3 Å². The topological polar surface area (TPSA) is 38.8 Å². The Hall–Kier alpha value is -0.770. The Bertz CT molecular complexity index is 208. The molecule has 1 saturated heterocycles. The number of rotatable bonds is 1. The summed E-state index contributed by atoms with van der Waals surface area (Å²) >= 11 is 0. The van der Waals surface area contributed by atoms with E-state index in [9.17, 15) is 4.79 Å². The molecule has 4 nitrogen and oxygen atoms in total. The first-order valence-corrected chi connectivity index (χ1v) is 5.89. The normalized spacial score (nSPS) is 23.9. The second-order valence-electron chi connectivity index (χ2n) is 4.24. The molecule has 0 aromatic heterocycles. The molecule has 0 bridgehead atoms. The summed E-state index contributed by atoms with van der Waals surface area (Å²) < 4.78 is 10.7. The molecule has 1 heterocycles. The van der Waals surface area contributed by atoms with Gasteiger partial charge in [-0.15, -0.1) is 0 Å². The van der Waals surface area contributed by atoms with E-state index in [0.29, 0.717) is 26.3 Å². The third-order valence-electron chi connectivity index (χ3n) is 3.09. The summed E-state index contributed by atoms with van der Waals surface area (Å²) in [7, 11) is 0. The van der Waals surface area contributed by atoms with Gasteiger partial charge in [-0.25, -0.2) is 4.79 Å². The molecule has 15 heavy (non-hydrogen) atoms. The van der Waals surface area contributed by atoms with Crippen molar-refractivity contribution in [3.8, 4) is 0 Å².